The zero-order valence-corrected chi connectivity index (χ0v) is 13.9. The first-order chi connectivity index (χ1) is 11.5. The lowest BCUT2D eigenvalue weighted by atomic mass is 10.1. The summed E-state index contributed by atoms with van der Waals surface area (Å²) in [7, 11) is 0. The van der Waals surface area contributed by atoms with E-state index in [1.165, 1.54) is 0 Å². The molecule has 0 saturated carbocycles. The Labute approximate surface area is 141 Å². The Morgan fingerprint density at radius 1 is 1.17 bits per heavy atom. The van der Waals surface area contributed by atoms with Crippen LogP contribution in [0.3, 0.4) is 0 Å². The SMILES string of the molecule is Cc1ccc(N2CC(C(=O)OCC(=O)N3CCCC3)CC2=O)cc1. The van der Waals surface area contributed by atoms with E-state index in [4.69, 9.17) is 4.74 Å². The van der Waals surface area contributed by atoms with Gasteiger partial charge in [-0.15, -0.1) is 0 Å². The van der Waals surface area contributed by atoms with E-state index in [9.17, 15) is 14.4 Å². The maximum atomic E-state index is 12.2. The maximum Gasteiger partial charge on any atom is 0.311 e. The molecular weight excluding hydrogens is 308 g/mol. The second-order valence-electron chi connectivity index (χ2n) is 6.44. The van der Waals surface area contributed by atoms with Gasteiger partial charge in [-0.2, -0.15) is 0 Å². The zero-order valence-electron chi connectivity index (χ0n) is 13.9. The fourth-order valence-corrected chi connectivity index (χ4v) is 3.15. The van der Waals surface area contributed by atoms with Crippen molar-refractivity contribution in [2.75, 3.05) is 31.1 Å². The second-order valence-corrected chi connectivity index (χ2v) is 6.44. The molecule has 2 saturated heterocycles. The Kier molecular flexibility index (Phi) is 4.83. The van der Waals surface area contributed by atoms with Crippen LogP contribution in [0.5, 0.6) is 0 Å². The number of hydrogen-bond acceptors (Lipinski definition) is 4. The molecule has 0 aromatic heterocycles. The standard InChI is InChI=1S/C18H22N2O4/c1-13-4-6-15(7-5-13)20-11-14(10-16(20)21)18(23)24-12-17(22)19-8-2-3-9-19/h4-7,14H,2-3,8-12H2,1H3. The van der Waals surface area contributed by atoms with Crippen LogP contribution in [0.1, 0.15) is 24.8 Å². The summed E-state index contributed by atoms with van der Waals surface area (Å²) in [5.41, 5.74) is 1.90. The third kappa shape index (κ3) is 3.58. The summed E-state index contributed by atoms with van der Waals surface area (Å²) in [5.74, 6) is -1.22. The number of anilines is 1. The minimum absolute atomic E-state index is 0.0910. The van der Waals surface area contributed by atoms with E-state index in [0.717, 1.165) is 37.2 Å². The lowest BCUT2D eigenvalue weighted by molar-refractivity contribution is -0.154. The predicted octanol–water partition coefficient (Wildman–Crippen LogP) is 1.51. The summed E-state index contributed by atoms with van der Waals surface area (Å²) >= 11 is 0. The third-order valence-corrected chi connectivity index (χ3v) is 4.60. The minimum atomic E-state index is -0.509. The van der Waals surface area contributed by atoms with Gasteiger partial charge in [0.15, 0.2) is 6.61 Å². The monoisotopic (exact) mass is 330 g/mol. The molecule has 1 aromatic rings. The van der Waals surface area contributed by atoms with E-state index in [-0.39, 0.29) is 24.8 Å². The van der Waals surface area contributed by atoms with Crippen LogP contribution < -0.4 is 4.90 Å². The first kappa shape index (κ1) is 16.5. The van der Waals surface area contributed by atoms with Crippen molar-refractivity contribution in [1.29, 1.82) is 0 Å². The van der Waals surface area contributed by atoms with E-state index < -0.39 is 11.9 Å². The van der Waals surface area contributed by atoms with Gasteiger partial charge < -0.3 is 14.5 Å². The smallest absolute Gasteiger partial charge is 0.311 e. The second kappa shape index (κ2) is 7.03. The first-order valence-corrected chi connectivity index (χ1v) is 8.36. The highest BCUT2D eigenvalue weighted by molar-refractivity contribution is 5.99. The third-order valence-electron chi connectivity index (χ3n) is 4.60. The van der Waals surface area contributed by atoms with Crippen molar-refractivity contribution in [2.45, 2.75) is 26.2 Å². The molecule has 2 aliphatic heterocycles. The number of carbonyl (C=O) groups is 3. The van der Waals surface area contributed by atoms with Gasteiger partial charge >= 0.3 is 5.97 Å². The Morgan fingerprint density at radius 2 is 1.83 bits per heavy atom. The Hall–Kier alpha value is -2.37. The van der Waals surface area contributed by atoms with Crippen molar-refractivity contribution in [2.24, 2.45) is 5.92 Å². The number of ether oxygens (including phenoxy) is 1. The Bertz CT molecular complexity index is 635. The molecule has 0 radical (unpaired) electrons. The summed E-state index contributed by atoms with van der Waals surface area (Å²) in [6.45, 7) is 3.53. The molecule has 128 valence electrons. The quantitative estimate of drug-likeness (QED) is 0.785. The highest BCUT2D eigenvalue weighted by atomic mass is 16.5. The van der Waals surface area contributed by atoms with Gasteiger partial charge in [-0.3, -0.25) is 14.4 Å². The molecule has 6 nitrogen and oxygen atoms in total. The normalized spacial score (nSPS) is 20.5. The van der Waals surface area contributed by atoms with Gasteiger partial charge in [0.05, 0.1) is 5.92 Å². The van der Waals surface area contributed by atoms with E-state index in [2.05, 4.69) is 0 Å². The van der Waals surface area contributed by atoms with Gasteiger partial charge in [-0.1, -0.05) is 17.7 Å². The molecule has 1 unspecified atom stereocenters. The number of hydrogen-bond donors (Lipinski definition) is 0. The molecule has 0 spiro atoms. The van der Waals surface area contributed by atoms with Crippen molar-refractivity contribution in [3.05, 3.63) is 29.8 Å². The number of esters is 1. The van der Waals surface area contributed by atoms with Crippen molar-refractivity contribution in [1.82, 2.24) is 4.90 Å². The van der Waals surface area contributed by atoms with Crippen molar-refractivity contribution < 1.29 is 19.1 Å². The van der Waals surface area contributed by atoms with Crippen LogP contribution in [0.15, 0.2) is 24.3 Å². The molecular formula is C18H22N2O4. The topological polar surface area (TPSA) is 66.9 Å². The lowest BCUT2D eigenvalue weighted by Gasteiger charge is -2.17. The number of benzene rings is 1. The molecule has 1 aromatic carbocycles. The fourth-order valence-electron chi connectivity index (χ4n) is 3.15. The molecule has 2 amide bonds. The molecule has 2 fully saturated rings. The van der Waals surface area contributed by atoms with Gasteiger partial charge in [-0.25, -0.2) is 0 Å². The van der Waals surface area contributed by atoms with E-state index in [0.29, 0.717) is 6.54 Å². The van der Waals surface area contributed by atoms with Crippen LogP contribution in [0.25, 0.3) is 0 Å². The molecule has 0 N–H and O–H groups in total. The summed E-state index contributed by atoms with van der Waals surface area (Å²) in [5, 5.41) is 0. The van der Waals surface area contributed by atoms with Gasteiger partial charge in [0.25, 0.3) is 5.91 Å². The Morgan fingerprint density at radius 3 is 2.50 bits per heavy atom. The summed E-state index contributed by atoms with van der Waals surface area (Å²) < 4.78 is 5.14. The molecule has 0 bridgehead atoms. The summed E-state index contributed by atoms with van der Waals surface area (Å²) in [4.78, 5) is 39.6. The maximum absolute atomic E-state index is 12.2. The van der Waals surface area contributed by atoms with Crippen LogP contribution in [-0.4, -0.2) is 48.9 Å². The van der Waals surface area contributed by atoms with Crippen molar-refractivity contribution in [3.63, 3.8) is 0 Å². The highest BCUT2D eigenvalue weighted by Gasteiger charge is 2.36. The van der Waals surface area contributed by atoms with Gasteiger partial charge in [0, 0.05) is 31.7 Å². The van der Waals surface area contributed by atoms with Gasteiger partial charge in [0.2, 0.25) is 5.91 Å². The molecule has 0 aliphatic carbocycles. The first-order valence-electron chi connectivity index (χ1n) is 8.36. The molecule has 3 rings (SSSR count). The largest absolute Gasteiger partial charge is 0.455 e. The number of amides is 2. The van der Waals surface area contributed by atoms with Gasteiger partial charge in [0.1, 0.15) is 0 Å². The number of aryl methyl sites for hydroxylation is 1. The fraction of sp³-hybridized carbons (Fsp3) is 0.500. The molecule has 2 aliphatic rings. The van der Waals surface area contributed by atoms with E-state index in [1.807, 2.05) is 31.2 Å². The minimum Gasteiger partial charge on any atom is -0.455 e. The highest BCUT2D eigenvalue weighted by Crippen LogP contribution is 2.26. The van der Waals surface area contributed by atoms with Crippen molar-refractivity contribution >= 4 is 23.5 Å². The molecule has 2 heterocycles. The van der Waals surface area contributed by atoms with Crippen LogP contribution in [0, 0.1) is 12.8 Å². The zero-order chi connectivity index (χ0) is 17.1. The number of nitrogens with zero attached hydrogens (tertiary/aromatic N) is 2. The lowest BCUT2D eigenvalue weighted by Crippen LogP contribution is -2.33. The molecule has 1 atom stereocenters. The average Bonchev–Trinajstić information content (AvgIpc) is 3.23. The van der Waals surface area contributed by atoms with Crippen LogP contribution >= 0.6 is 0 Å². The van der Waals surface area contributed by atoms with Crippen LogP contribution in [0.4, 0.5) is 5.69 Å². The van der Waals surface area contributed by atoms with Crippen LogP contribution in [-0.2, 0) is 19.1 Å². The van der Waals surface area contributed by atoms with E-state index >= 15 is 0 Å². The number of likely N-dealkylation sites (tertiary alicyclic amines) is 1. The number of rotatable bonds is 4. The summed E-state index contributed by atoms with van der Waals surface area (Å²) in [6, 6.07) is 7.61. The molecule has 24 heavy (non-hydrogen) atoms. The van der Waals surface area contributed by atoms with Crippen LogP contribution in [0.2, 0.25) is 0 Å². The van der Waals surface area contributed by atoms with Gasteiger partial charge in [-0.05, 0) is 31.9 Å². The Balaban J connectivity index is 1.53. The average molecular weight is 330 g/mol. The number of carbonyl (C=O) groups excluding carboxylic acids is 3. The predicted molar refractivity (Wildman–Crippen MR) is 88.4 cm³/mol. The van der Waals surface area contributed by atoms with Crippen molar-refractivity contribution in [3.8, 4) is 0 Å². The molecule has 6 heteroatoms. The van der Waals surface area contributed by atoms with E-state index in [1.54, 1.807) is 9.80 Å². The summed E-state index contributed by atoms with van der Waals surface area (Å²) in [6.07, 6.45) is 2.13.